The molecule has 2 heterocycles. The van der Waals surface area contributed by atoms with Crippen molar-refractivity contribution in [3.8, 4) is 0 Å². The van der Waals surface area contributed by atoms with E-state index in [4.69, 9.17) is 0 Å². The Kier molecular flexibility index (Phi) is 3.35. The molecule has 0 bridgehead atoms. The molecule has 0 unspecified atom stereocenters. The van der Waals surface area contributed by atoms with Gasteiger partial charge in [-0.3, -0.25) is 0 Å². The summed E-state index contributed by atoms with van der Waals surface area (Å²) in [5.41, 5.74) is 2.06. The first kappa shape index (κ1) is 12.0. The van der Waals surface area contributed by atoms with Gasteiger partial charge in [0.15, 0.2) is 0 Å². The summed E-state index contributed by atoms with van der Waals surface area (Å²) >= 11 is 0. The number of amides is 2. The number of carbonyl (C=O) groups is 1. The molecule has 2 aromatic heterocycles. The second kappa shape index (κ2) is 5.30. The number of pyridine rings is 1. The van der Waals surface area contributed by atoms with E-state index in [2.05, 4.69) is 15.7 Å². The van der Waals surface area contributed by atoms with Crippen LogP contribution >= 0.6 is 0 Å². The summed E-state index contributed by atoms with van der Waals surface area (Å²) in [7, 11) is 0. The van der Waals surface area contributed by atoms with E-state index in [1.165, 1.54) is 12.8 Å². The van der Waals surface area contributed by atoms with Gasteiger partial charge < -0.3 is 10.6 Å². The Hall–Kier alpha value is -2.04. The van der Waals surface area contributed by atoms with Gasteiger partial charge in [-0.15, -0.1) is 0 Å². The van der Waals surface area contributed by atoms with E-state index >= 15 is 0 Å². The monoisotopic (exact) mass is 258 g/mol. The first-order chi connectivity index (χ1) is 9.33. The van der Waals surface area contributed by atoms with E-state index < -0.39 is 0 Å². The van der Waals surface area contributed by atoms with Crippen LogP contribution in [0, 0.1) is 0 Å². The lowest BCUT2D eigenvalue weighted by atomic mass is 10.2. The molecule has 0 aromatic carbocycles. The van der Waals surface area contributed by atoms with Gasteiger partial charge in [-0.1, -0.05) is 18.9 Å². The van der Waals surface area contributed by atoms with Crippen molar-refractivity contribution in [2.75, 3.05) is 0 Å². The van der Waals surface area contributed by atoms with Gasteiger partial charge in [-0.2, -0.15) is 5.10 Å². The molecule has 0 saturated heterocycles. The number of urea groups is 1. The predicted molar refractivity (Wildman–Crippen MR) is 72.8 cm³/mol. The fourth-order valence-electron chi connectivity index (χ4n) is 2.61. The number of rotatable bonds is 3. The van der Waals surface area contributed by atoms with Crippen LogP contribution < -0.4 is 10.6 Å². The summed E-state index contributed by atoms with van der Waals surface area (Å²) in [6.07, 6.45) is 8.34. The van der Waals surface area contributed by atoms with Crippen LogP contribution in [0.3, 0.4) is 0 Å². The van der Waals surface area contributed by atoms with E-state index in [9.17, 15) is 4.79 Å². The van der Waals surface area contributed by atoms with Gasteiger partial charge in [0.25, 0.3) is 0 Å². The summed E-state index contributed by atoms with van der Waals surface area (Å²) in [5.74, 6) is 0. The van der Waals surface area contributed by atoms with Crippen molar-refractivity contribution in [2.45, 2.75) is 38.3 Å². The highest BCUT2D eigenvalue weighted by Crippen LogP contribution is 2.17. The maximum absolute atomic E-state index is 11.8. The van der Waals surface area contributed by atoms with Crippen molar-refractivity contribution in [1.82, 2.24) is 20.2 Å². The maximum atomic E-state index is 11.8. The standard InChI is InChI=1S/C14H18N4O/c19-14(17-12-5-1-2-6-12)15-9-11-10-16-18-8-4-3-7-13(11)18/h3-4,7-8,10,12H,1-2,5-6,9H2,(H2,15,17,19). The van der Waals surface area contributed by atoms with Crippen LogP contribution in [0.25, 0.3) is 5.52 Å². The van der Waals surface area contributed by atoms with Crippen molar-refractivity contribution < 1.29 is 4.79 Å². The largest absolute Gasteiger partial charge is 0.335 e. The molecule has 2 amide bonds. The van der Waals surface area contributed by atoms with Crippen LogP contribution in [0.15, 0.2) is 30.6 Å². The van der Waals surface area contributed by atoms with Crippen LogP contribution in [0.4, 0.5) is 4.79 Å². The molecule has 5 nitrogen and oxygen atoms in total. The summed E-state index contributed by atoms with van der Waals surface area (Å²) < 4.78 is 1.81. The van der Waals surface area contributed by atoms with E-state index in [0.29, 0.717) is 12.6 Å². The number of hydrogen-bond donors (Lipinski definition) is 2. The van der Waals surface area contributed by atoms with Gasteiger partial charge in [0.1, 0.15) is 0 Å². The lowest BCUT2D eigenvalue weighted by molar-refractivity contribution is 0.237. The van der Waals surface area contributed by atoms with Crippen LogP contribution in [0.5, 0.6) is 0 Å². The molecule has 0 aliphatic heterocycles. The van der Waals surface area contributed by atoms with Gasteiger partial charge in [0.05, 0.1) is 11.7 Å². The van der Waals surface area contributed by atoms with Gasteiger partial charge >= 0.3 is 6.03 Å². The summed E-state index contributed by atoms with van der Waals surface area (Å²) in [5, 5.41) is 10.2. The fraction of sp³-hybridized carbons (Fsp3) is 0.429. The summed E-state index contributed by atoms with van der Waals surface area (Å²) in [6, 6.07) is 6.17. The molecule has 19 heavy (non-hydrogen) atoms. The SMILES string of the molecule is O=C(NCc1cnn2ccccc12)NC1CCCC1. The number of fused-ring (bicyclic) bond motifs is 1. The highest BCUT2D eigenvalue weighted by molar-refractivity contribution is 5.74. The number of nitrogens with zero attached hydrogens (tertiary/aromatic N) is 2. The van der Waals surface area contributed by atoms with Crippen molar-refractivity contribution in [2.24, 2.45) is 0 Å². The van der Waals surface area contributed by atoms with Gasteiger partial charge in [-0.25, -0.2) is 9.31 Å². The zero-order chi connectivity index (χ0) is 13.1. The quantitative estimate of drug-likeness (QED) is 0.885. The van der Waals surface area contributed by atoms with Gasteiger partial charge in [0, 0.05) is 24.3 Å². The third kappa shape index (κ3) is 2.70. The number of nitrogens with one attached hydrogen (secondary N) is 2. The molecule has 0 atom stereocenters. The highest BCUT2D eigenvalue weighted by atomic mass is 16.2. The lowest BCUT2D eigenvalue weighted by Crippen LogP contribution is -2.40. The molecule has 1 saturated carbocycles. The van der Waals surface area contributed by atoms with Crippen molar-refractivity contribution in [1.29, 1.82) is 0 Å². The van der Waals surface area contributed by atoms with E-state index in [0.717, 1.165) is 23.9 Å². The molecule has 1 aliphatic rings. The predicted octanol–water partition coefficient (Wildman–Crippen LogP) is 2.08. The van der Waals surface area contributed by atoms with Gasteiger partial charge in [-0.05, 0) is 25.0 Å². The number of aromatic nitrogens is 2. The minimum absolute atomic E-state index is 0.0813. The second-order valence-corrected chi connectivity index (χ2v) is 5.01. The smallest absolute Gasteiger partial charge is 0.315 e. The second-order valence-electron chi connectivity index (χ2n) is 5.01. The minimum Gasteiger partial charge on any atom is -0.335 e. The Bertz CT molecular complexity index is 572. The van der Waals surface area contributed by atoms with Crippen molar-refractivity contribution in [3.63, 3.8) is 0 Å². The molecular formula is C14H18N4O. The zero-order valence-corrected chi connectivity index (χ0v) is 10.8. The van der Waals surface area contributed by atoms with Gasteiger partial charge in [0.2, 0.25) is 0 Å². The van der Waals surface area contributed by atoms with Crippen molar-refractivity contribution in [3.05, 3.63) is 36.2 Å². The van der Waals surface area contributed by atoms with E-state index in [1.807, 2.05) is 28.9 Å². The number of carbonyl (C=O) groups excluding carboxylic acids is 1. The zero-order valence-electron chi connectivity index (χ0n) is 10.8. The Morgan fingerprint density at radius 1 is 1.37 bits per heavy atom. The van der Waals surface area contributed by atoms with E-state index in [1.54, 1.807) is 6.20 Å². The Labute approximate surface area is 112 Å². The lowest BCUT2D eigenvalue weighted by Gasteiger charge is -2.12. The Morgan fingerprint density at radius 2 is 2.21 bits per heavy atom. The molecule has 0 spiro atoms. The molecule has 2 N–H and O–H groups in total. The molecule has 1 aliphatic carbocycles. The van der Waals surface area contributed by atoms with Crippen LogP contribution in [-0.2, 0) is 6.54 Å². The van der Waals surface area contributed by atoms with Crippen molar-refractivity contribution >= 4 is 11.5 Å². The average molecular weight is 258 g/mol. The third-order valence-electron chi connectivity index (χ3n) is 3.64. The molecular weight excluding hydrogens is 240 g/mol. The van der Waals surface area contributed by atoms with E-state index in [-0.39, 0.29) is 6.03 Å². The molecule has 1 fully saturated rings. The van der Waals surface area contributed by atoms with Crippen LogP contribution in [0.2, 0.25) is 0 Å². The van der Waals surface area contributed by atoms with Crippen LogP contribution in [0.1, 0.15) is 31.2 Å². The number of hydrogen-bond acceptors (Lipinski definition) is 2. The fourth-order valence-corrected chi connectivity index (χ4v) is 2.61. The highest BCUT2D eigenvalue weighted by Gasteiger charge is 2.16. The normalized spacial score (nSPS) is 15.8. The Balaban J connectivity index is 1.58. The summed E-state index contributed by atoms with van der Waals surface area (Å²) in [6.45, 7) is 0.506. The molecule has 5 heteroatoms. The molecule has 0 radical (unpaired) electrons. The third-order valence-corrected chi connectivity index (χ3v) is 3.64. The Morgan fingerprint density at radius 3 is 3.05 bits per heavy atom. The maximum Gasteiger partial charge on any atom is 0.315 e. The van der Waals surface area contributed by atoms with Crippen LogP contribution in [-0.4, -0.2) is 21.7 Å². The first-order valence-electron chi connectivity index (χ1n) is 6.78. The molecule has 2 aromatic rings. The summed E-state index contributed by atoms with van der Waals surface area (Å²) in [4.78, 5) is 11.8. The minimum atomic E-state index is -0.0813. The molecule has 100 valence electrons. The topological polar surface area (TPSA) is 58.4 Å². The molecule has 3 rings (SSSR count). The average Bonchev–Trinajstić information content (AvgIpc) is 3.05. The first-order valence-corrected chi connectivity index (χ1v) is 6.78.